The molecule has 4 rings (SSSR count). The van der Waals surface area contributed by atoms with E-state index in [0.29, 0.717) is 17.2 Å². The normalized spacial score (nSPS) is 24.4. The quantitative estimate of drug-likeness (QED) is 0.544. The summed E-state index contributed by atoms with van der Waals surface area (Å²) in [5.41, 5.74) is 4.49. The lowest BCUT2D eigenvalue weighted by molar-refractivity contribution is -0.140. The van der Waals surface area contributed by atoms with Crippen LogP contribution in [-0.4, -0.2) is 40.7 Å². The highest BCUT2D eigenvalue weighted by Crippen LogP contribution is 2.38. The van der Waals surface area contributed by atoms with Gasteiger partial charge in [-0.3, -0.25) is 14.5 Å². The molecule has 2 aliphatic heterocycles. The third-order valence-electron chi connectivity index (χ3n) is 6.91. The van der Waals surface area contributed by atoms with Crippen LogP contribution >= 0.6 is 0 Å². The Morgan fingerprint density at radius 2 is 1.62 bits per heavy atom. The summed E-state index contributed by atoms with van der Waals surface area (Å²) in [6.45, 7) is 8.09. The van der Waals surface area contributed by atoms with Gasteiger partial charge in [-0.05, 0) is 56.6 Å². The lowest BCUT2D eigenvalue weighted by Crippen LogP contribution is -2.43. The monoisotopic (exact) mass is 394 g/mol. The molecule has 1 aromatic carbocycles. The van der Waals surface area contributed by atoms with Crippen LogP contribution in [-0.2, 0) is 9.59 Å². The van der Waals surface area contributed by atoms with Gasteiger partial charge in [0.2, 0.25) is 0 Å². The number of aryl methyl sites for hydroxylation is 2. The SMILES string of the molecule is Cc1ccc(C2=C(N3CCCC(C)C3)C(=O)N(C3CCCCCC3)C2=O)c(C)c1. The van der Waals surface area contributed by atoms with Crippen molar-refractivity contribution in [1.82, 2.24) is 9.80 Å². The number of imide groups is 1. The molecule has 0 radical (unpaired) electrons. The van der Waals surface area contributed by atoms with E-state index < -0.39 is 0 Å². The topological polar surface area (TPSA) is 40.6 Å². The van der Waals surface area contributed by atoms with Crippen LogP contribution in [0.15, 0.2) is 23.9 Å². The first-order valence-corrected chi connectivity index (χ1v) is 11.4. The maximum absolute atomic E-state index is 13.7. The van der Waals surface area contributed by atoms with Gasteiger partial charge in [-0.25, -0.2) is 0 Å². The highest BCUT2D eigenvalue weighted by atomic mass is 16.2. The zero-order valence-electron chi connectivity index (χ0n) is 18.2. The van der Waals surface area contributed by atoms with Crippen LogP contribution in [0.2, 0.25) is 0 Å². The zero-order chi connectivity index (χ0) is 20.5. The largest absolute Gasteiger partial charge is 0.366 e. The summed E-state index contributed by atoms with van der Waals surface area (Å²) in [6.07, 6.45) is 8.80. The molecule has 2 heterocycles. The van der Waals surface area contributed by atoms with Crippen molar-refractivity contribution in [2.45, 2.75) is 78.2 Å². The number of nitrogens with zero attached hydrogens (tertiary/aromatic N) is 2. The van der Waals surface area contributed by atoms with E-state index in [-0.39, 0.29) is 17.9 Å². The van der Waals surface area contributed by atoms with Gasteiger partial charge in [0, 0.05) is 19.1 Å². The van der Waals surface area contributed by atoms with Crippen LogP contribution in [0.25, 0.3) is 5.57 Å². The van der Waals surface area contributed by atoms with Crippen molar-refractivity contribution in [2.24, 2.45) is 5.92 Å². The summed E-state index contributed by atoms with van der Waals surface area (Å²) < 4.78 is 0. The van der Waals surface area contributed by atoms with Crippen LogP contribution in [0.1, 0.15) is 75.0 Å². The molecular weight excluding hydrogens is 360 g/mol. The van der Waals surface area contributed by atoms with Gasteiger partial charge in [-0.15, -0.1) is 0 Å². The van der Waals surface area contributed by atoms with Crippen molar-refractivity contribution in [3.8, 4) is 0 Å². The van der Waals surface area contributed by atoms with Gasteiger partial charge in [0.05, 0.1) is 5.57 Å². The molecule has 29 heavy (non-hydrogen) atoms. The van der Waals surface area contributed by atoms with Crippen LogP contribution < -0.4 is 0 Å². The average Bonchev–Trinajstić information content (AvgIpc) is 2.84. The maximum atomic E-state index is 13.7. The summed E-state index contributed by atoms with van der Waals surface area (Å²) in [7, 11) is 0. The second-order valence-electron chi connectivity index (χ2n) is 9.36. The van der Waals surface area contributed by atoms with Crippen molar-refractivity contribution in [1.29, 1.82) is 0 Å². The van der Waals surface area contributed by atoms with Gasteiger partial charge in [-0.1, -0.05) is 56.4 Å². The molecule has 1 aliphatic carbocycles. The fourth-order valence-corrected chi connectivity index (χ4v) is 5.41. The summed E-state index contributed by atoms with van der Waals surface area (Å²) in [5, 5.41) is 0. The van der Waals surface area contributed by atoms with E-state index in [9.17, 15) is 9.59 Å². The number of hydrogen-bond donors (Lipinski definition) is 0. The number of benzene rings is 1. The molecule has 2 fully saturated rings. The molecule has 1 aromatic rings. The van der Waals surface area contributed by atoms with Crippen molar-refractivity contribution in [3.63, 3.8) is 0 Å². The molecule has 1 atom stereocenters. The van der Waals surface area contributed by atoms with Gasteiger partial charge < -0.3 is 4.90 Å². The second-order valence-corrected chi connectivity index (χ2v) is 9.36. The fourth-order valence-electron chi connectivity index (χ4n) is 5.41. The van der Waals surface area contributed by atoms with Gasteiger partial charge in [0.1, 0.15) is 5.70 Å². The number of hydrogen-bond acceptors (Lipinski definition) is 3. The minimum Gasteiger partial charge on any atom is -0.366 e. The molecule has 4 heteroatoms. The first-order valence-electron chi connectivity index (χ1n) is 11.4. The Labute approximate surface area is 175 Å². The predicted octanol–water partition coefficient (Wildman–Crippen LogP) is 4.84. The Hall–Kier alpha value is -2.10. The van der Waals surface area contributed by atoms with Gasteiger partial charge in [-0.2, -0.15) is 0 Å². The Balaban J connectivity index is 1.78. The lowest BCUT2D eigenvalue weighted by atomic mass is 9.95. The number of rotatable bonds is 3. The summed E-state index contributed by atoms with van der Waals surface area (Å²) >= 11 is 0. The van der Waals surface area contributed by atoms with E-state index in [0.717, 1.165) is 56.3 Å². The van der Waals surface area contributed by atoms with Crippen LogP contribution in [0.3, 0.4) is 0 Å². The van der Waals surface area contributed by atoms with E-state index in [1.165, 1.54) is 24.8 Å². The molecule has 4 nitrogen and oxygen atoms in total. The van der Waals surface area contributed by atoms with Crippen molar-refractivity contribution in [2.75, 3.05) is 13.1 Å². The van der Waals surface area contributed by atoms with Crippen molar-refractivity contribution >= 4 is 17.4 Å². The summed E-state index contributed by atoms with van der Waals surface area (Å²) in [6, 6.07) is 6.26. The molecule has 1 unspecified atom stereocenters. The summed E-state index contributed by atoms with van der Waals surface area (Å²) in [5.74, 6) is 0.430. The van der Waals surface area contributed by atoms with E-state index >= 15 is 0 Å². The highest BCUT2D eigenvalue weighted by Gasteiger charge is 2.45. The Kier molecular flexibility index (Phi) is 5.80. The second kappa shape index (κ2) is 8.33. The zero-order valence-corrected chi connectivity index (χ0v) is 18.2. The average molecular weight is 395 g/mol. The minimum absolute atomic E-state index is 0.0500. The maximum Gasteiger partial charge on any atom is 0.278 e. The Bertz CT molecular complexity index is 833. The highest BCUT2D eigenvalue weighted by molar-refractivity contribution is 6.36. The lowest BCUT2D eigenvalue weighted by Gasteiger charge is -2.34. The first kappa shape index (κ1) is 20.2. The number of carbonyl (C=O) groups excluding carboxylic acids is 2. The third-order valence-corrected chi connectivity index (χ3v) is 6.91. The number of carbonyl (C=O) groups is 2. The Morgan fingerprint density at radius 3 is 2.28 bits per heavy atom. The molecule has 0 N–H and O–H groups in total. The number of amides is 2. The fraction of sp³-hybridized carbons (Fsp3) is 0.600. The van der Waals surface area contributed by atoms with Crippen molar-refractivity contribution in [3.05, 3.63) is 40.6 Å². The molecule has 0 spiro atoms. The molecule has 2 amide bonds. The van der Waals surface area contributed by atoms with E-state index in [2.05, 4.69) is 37.8 Å². The molecular formula is C25H34N2O2. The molecule has 0 aromatic heterocycles. The minimum atomic E-state index is -0.0675. The molecule has 3 aliphatic rings. The molecule has 0 bridgehead atoms. The van der Waals surface area contributed by atoms with Crippen LogP contribution in [0.4, 0.5) is 0 Å². The van der Waals surface area contributed by atoms with Crippen LogP contribution in [0.5, 0.6) is 0 Å². The molecule has 1 saturated carbocycles. The van der Waals surface area contributed by atoms with Gasteiger partial charge in [0.25, 0.3) is 11.8 Å². The summed E-state index contributed by atoms with van der Waals surface area (Å²) in [4.78, 5) is 31.3. The third kappa shape index (κ3) is 3.86. The predicted molar refractivity (Wildman–Crippen MR) is 116 cm³/mol. The Morgan fingerprint density at radius 1 is 0.897 bits per heavy atom. The molecule has 156 valence electrons. The van der Waals surface area contributed by atoms with Crippen LogP contribution in [0, 0.1) is 19.8 Å². The first-order chi connectivity index (χ1) is 14.0. The smallest absolute Gasteiger partial charge is 0.278 e. The molecule has 1 saturated heterocycles. The van der Waals surface area contributed by atoms with Gasteiger partial charge in [0.15, 0.2) is 0 Å². The van der Waals surface area contributed by atoms with Gasteiger partial charge >= 0.3 is 0 Å². The number of likely N-dealkylation sites (tertiary alicyclic amines) is 1. The van der Waals surface area contributed by atoms with E-state index in [1.54, 1.807) is 4.90 Å². The van der Waals surface area contributed by atoms with Crippen molar-refractivity contribution < 1.29 is 9.59 Å². The number of piperidine rings is 1. The van der Waals surface area contributed by atoms with E-state index in [1.807, 2.05) is 6.07 Å². The van der Waals surface area contributed by atoms with E-state index in [4.69, 9.17) is 0 Å². The standard InChI is InChI=1S/C25H34N2O2/c1-17-12-13-21(19(3)15-17)22-23(26-14-8-9-18(2)16-26)25(29)27(24(22)28)20-10-6-4-5-7-11-20/h12-13,15,18,20H,4-11,14,16H2,1-3H3.